The average Bonchev–Trinajstić information content (AvgIpc) is 2.91. The molecule has 7 heteroatoms. The van der Waals surface area contributed by atoms with E-state index < -0.39 is 16.1 Å². The lowest BCUT2D eigenvalue weighted by atomic mass is 10.1. The van der Waals surface area contributed by atoms with E-state index in [0.717, 1.165) is 5.56 Å². The number of nitrogens with zero attached hydrogens (tertiary/aromatic N) is 2. The van der Waals surface area contributed by atoms with Gasteiger partial charge < -0.3 is 10.0 Å². The van der Waals surface area contributed by atoms with Gasteiger partial charge in [0.05, 0.1) is 17.1 Å². The van der Waals surface area contributed by atoms with Crippen LogP contribution in [-0.2, 0) is 23.0 Å². The van der Waals surface area contributed by atoms with Gasteiger partial charge in [0.25, 0.3) is 10.0 Å². The zero-order valence-electron chi connectivity index (χ0n) is 11.1. The third-order valence-corrected chi connectivity index (χ3v) is 5.34. The Hall–Kier alpha value is -2.28. The Balaban J connectivity index is 2.06. The third-order valence-electron chi connectivity index (χ3n) is 3.61. The minimum atomic E-state index is -3.69. The molecule has 6 nitrogen and oxygen atoms in total. The van der Waals surface area contributed by atoms with Crippen LogP contribution < -0.4 is 0 Å². The van der Waals surface area contributed by atoms with Crippen LogP contribution in [0.15, 0.2) is 47.5 Å². The monoisotopic (exact) mass is 306 g/mol. The molecule has 1 aromatic heterocycles. The molecule has 1 aromatic carbocycles. The number of fused-ring (bicyclic) bond motifs is 1. The highest BCUT2D eigenvalue weighted by molar-refractivity contribution is 7.90. The number of carbonyl (C=O) groups is 1. The largest absolute Gasteiger partial charge is 0.465 e. The normalized spacial score (nSPS) is 14.8. The van der Waals surface area contributed by atoms with Gasteiger partial charge in [0.1, 0.15) is 0 Å². The van der Waals surface area contributed by atoms with Gasteiger partial charge in [-0.3, -0.25) is 0 Å². The molecule has 1 amide bonds. The van der Waals surface area contributed by atoms with Gasteiger partial charge in [-0.1, -0.05) is 18.2 Å². The summed E-state index contributed by atoms with van der Waals surface area (Å²) in [6.07, 6.45) is 0.989. The molecular formula is C14H14N2O4S. The number of carboxylic acid groups (broad SMARTS) is 1. The van der Waals surface area contributed by atoms with Crippen LogP contribution in [0.4, 0.5) is 4.79 Å². The summed E-state index contributed by atoms with van der Waals surface area (Å²) < 4.78 is 26.5. The van der Waals surface area contributed by atoms with E-state index in [9.17, 15) is 13.2 Å². The van der Waals surface area contributed by atoms with Crippen molar-refractivity contribution in [2.75, 3.05) is 6.54 Å². The van der Waals surface area contributed by atoms with Gasteiger partial charge in [0.2, 0.25) is 0 Å². The van der Waals surface area contributed by atoms with Crippen LogP contribution in [0.5, 0.6) is 0 Å². The second-order valence-corrected chi connectivity index (χ2v) is 6.67. The van der Waals surface area contributed by atoms with Gasteiger partial charge in [-0.25, -0.2) is 17.2 Å². The van der Waals surface area contributed by atoms with E-state index in [-0.39, 0.29) is 11.4 Å². The zero-order chi connectivity index (χ0) is 15.0. The summed E-state index contributed by atoms with van der Waals surface area (Å²) in [4.78, 5) is 12.5. The summed E-state index contributed by atoms with van der Waals surface area (Å²) in [5.74, 6) is 0. The third kappa shape index (κ3) is 2.29. The van der Waals surface area contributed by atoms with Crippen LogP contribution in [0.3, 0.4) is 0 Å². The number of hydrogen-bond acceptors (Lipinski definition) is 3. The number of benzene rings is 1. The maximum Gasteiger partial charge on any atom is 0.407 e. The number of amides is 1. The molecule has 0 saturated carbocycles. The molecule has 2 heterocycles. The van der Waals surface area contributed by atoms with Crippen LogP contribution >= 0.6 is 0 Å². The van der Waals surface area contributed by atoms with Gasteiger partial charge in [-0.05, 0) is 30.2 Å². The molecule has 0 fully saturated rings. The molecule has 0 saturated heterocycles. The number of aromatic nitrogens is 1. The molecule has 2 aromatic rings. The van der Waals surface area contributed by atoms with Crippen molar-refractivity contribution in [3.8, 4) is 0 Å². The van der Waals surface area contributed by atoms with Crippen LogP contribution in [0.25, 0.3) is 0 Å². The first kappa shape index (κ1) is 13.7. The molecule has 1 aliphatic heterocycles. The highest BCUT2D eigenvalue weighted by Crippen LogP contribution is 2.24. The number of hydrogen-bond donors (Lipinski definition) is 1. The lowest BCUT2D eigenvalue weighted by molar-refractivity contribution is 0.139. The molecule has 1 aliphatic rings. The molecule has 0 atom stereocenters. The maximum absolute atomic E-state index is 12.6. The molecule has 1 N–H and O–H groups in total. The van der Waals surface area contributed by atoms with E-state index in [1.165, 1.54) is 27.2 Å². The Labute approximate surface area is 122 Å². The van der Waals surface area contributed by atoms with Gasteiger partial charge in [-0.15, -0.1) is 0 Å². The second kappa shape index (κ2) is 4.92. The fourth-order valence-corrected chi connectivity index (χ4v) is 3.91. The zero-order valence-corrected chi connectivity index (χ0v) is 12.0. The van der Waals surface area contributed by atoms with Crippen molar-refractivity contribution in [2.24, 2.45) is 0 Å². The fourth-order valence-electron chi connectivity index (χ4n) is 2.49. The molecule has 0 radical (unpaired) electrons. The van der Waals surface area contributed by atoms with Gasteiger partial charge in [0, 0.05) is 12.7 Å². The van der Waals surface area contributed by atoms with Gasteiger partial charge >= 0.3 is 6.09 Å². The minimum absolute atomic E-state index is 0.0870. The highest BCUT2D eigenvalue weighted by Gasteiger charge is 2.27. The lowest BCUT2D eigenvalue weighted by Crippen LogP contribution is -2.36. The van der Waals surface area contributed by atoms with Crippen molar-refractivity contribution >= 4 is 16.1 Å². The topological polar surface area (TPSA) is 79.6 Å². The van der Waals surface area contributed by atoms with Crippen molar-refractivity contribution in [2.45, 2.75) is 17.9 Å². The first-order valence-corrected chi connectivity index (χ1v) is 7.92. The maximum atomic E-state index is 12.6. The summed E-state index contributed by atoms with van der Waals surface area (Å²) in [6, 6.07) is 9.86. The Morgan fingerprint density at radius 1 is 1.14 bits per heavy atom. The smallest absolute Gasteiger partial charge is 0.407 e. The Bertz CT molecular complexity index is 781. The molecule has 110 valence electrons. The Kier molecular flexibility index (Phi) is 3.21. The van der Waals surface area contributed by atoms with Gasteiger partial charge in [-0.2, -0.15) is 0 Å². The van der Waals surface area contributed by atoms with Crippen molar-refractivity contribution in [1.82, 2.24) is 8.87 Å². The molecule has 0 spiro atoms. The molecule has 0 unspecified atom stereocenters. The predicted octanol–water partition coefficient (Wildman–Crippen LogP) is 1.76. The van der Waals surface area contributed by atoms with E-state index >= 15 is 0 Å². The summed E-state index contributed by atoms with van der Waals surface area (Å²) in [5.41, 5.74) is 1.40. The van der Waals surface area contributed by atoms with Gasteiger partial charge in [0.15, 0.2) is 0 Å². The van der Waals surface area contributed by atoms with Crippen molar-refractivity contribution < 1.29 is 18.3 Å². The molecule has 21 heavy (non-hydrogen) atoms. The van der Waals surface area contributed by atoms with Crippen LogP contribution in [0.1, 0.15) is 11.3 Å². The first-order valence-electron chi connectivity index (χ1n) is 6.48. The predicted molar refractivity (Wildman–Crippen MR) is 75.6 cm³/mol. The van der Waals surface area contributed by atoms with Crippen LogP contribution in [0, 0.1) is 0 Å². The molecule has 0 bridgehead atoms. The SMILES string of the molecule is O=C(O)N1CCc2ccn(S(=O)(=O)c3ccccc3)c2C1. The summed E-state index contributed by atoms with van der Waals surface area (Å²) in [5, 5.41) is 9.08. The van der Waals surface area contributed by atoms with E-state index in [0.29, 0.717) is 18.7 Å². The second-order valence-electron chi connectivity index (χ2n) is 4.86. The van der Waals surface area contributed by atoms with Crippen molar-refractivity contribution in [1.29, 1.82) is 0 Å². The Morgan fingerprint density at radius 2 is 1.86 bits per heavy atom. The van der Waals surface area contributed by atoms with E-state index in [1.54, 1.807) is 24.3 Å². The quantitative estimate of drug-likeness (QED) is 0.917. The standard InChI is InChI=1S/C14H14N2O4S/c17-14(18)15-8-6-11-7-9-16(13(11)10-15)21(19,20)12-4-2-1-3-5-12/h1-5,7,9H,6,8,10H2,(H,17,18). The Morgan fingerprint density at radius 3 is 2.52 bits per heavy atom. The average molecular weight is 306 g/mol. The first-order chi connectivity index (χ1) is 10.00. The lowest BCUT2D eigenvalue weighted by Gasteiger charge is -2.25. The van der Waals surface area contributed by atoms with E-state index in [1.807, 2.05) is 0 Å². The summed E-state index contributed by atoms with van der Waals surface area (Å²) in [7, 11) is -3.69. The molecular weight excluding hydrogens is 292 g/mol. The minimum Gasteiger partial charge on any atom is -0.465 e. The molecule has 0 aliphatic carbocycles. The highest BCUT2D eigenvalue weighted by atomic mass is 32.2. The van der Waals surface area contributed by atoms with Crippen molar-refractivity contribution in [3.05, 3.63) is 53.9 Å². The molecule has 3 rings (SSSR count). The summed E-state index contributed by atoms with van der Waals surface area (Å²) >= 11 is 0. The van der Waals surface area contributed by atoms with E-state index in [2.05, 4.69) is 0 Å². The van der Waals surface area contributed by atoms with Crippen molar-refractivity contribution in [3.63, 3.8) is 0 Å². The van der Waals surface area contributed by atoms with Crippen LogP contribution in [0.2, 0.25) is 0 Å². The summed E-state index contributed by atoms with van der Waals surface area (Å²) in [6.45, 7) is 0.474. The number of rotatable bonds is 2. The fraction of sp³-hybridized carbons (Fsp3) is 0.214. The van der Waals surface area contributed by atoms with E-state index in [4.69, 9.17) is 5.11 Å². The van der Waals surface area contributed by atoms with Crippen LogP contribution in [-0.4, -0.2) is 35.0 Å².